The van der Waals surface area contributed by atoms with Crippen LogP contribution in [0.15, 0.2) is 48.5 Å². The number of para-hydroxylation sites is 1. The van der Waals surface area contributed by atoms with E-state index in [0.29, 0.717) is 24.2 Å². The molecule has 0 atom stereocenters. The van der Waals surface area contributed by atoms with Gasteiger partial charge in [-0.2, -0.15) is 0 Å². The Bertz CT molecular complexity index is 747. The van der Waals surface area contributed by atoms with Crippen molar-refractivity contribution in [2.75, 3.05) is 11.9 Å². The second-order valence-corrected chi connectivity index (χ2v) is 5.93. The van der Waals surface area contributed by atoms with Crippen LogP contribution in [0.5, 0.6) is 0 Å². The fourth-order valence-corrected chi connectivity index (χ4v) is 2.32. The van der Waals surface area contributed by atoms with Gasteiger partial charge < -0.3 is 16.0 Å². The van der Waals surface area contributed by atoms with Gasteiger partial charge in [0.1, 0.15) is 5.82 Å². The number of hydrogen-bond acceptors (Lipinski definition) is 2. The third-order valence-corrected chi connectivity index (χ3v) is 3.43. The number of halogens is 1. The molecule has 5 nitrogen and oxygen atoms in total. The van der Waals surface area contributed by atoms with Gasteiger partial charge in [-0.3, -0.25) is 4.79 Å². The van der Waals surface area contributed by atoms with Crippen LogP contribution < -0.4 is 16.0 Å². The number of carbonyl (C=O) groups is 2. The molecule has 2 aromatic rings. The van der Waals surface area contributed by atoms with Gasteiger partial charge in [-0.1, -0.05) is 24.3 Å². The van der Waals surface area contributed by atoms with Crippen molar-refractivity contribution in [2.45, 2.75) is 26.3 Å². The summed E-state index contributed by atoms with van der Waals surface area (Å²) in [6, 6.07) is 12.7. The minimum atomic E-state index is -0.366. The molecule has 0 aliphatic heterocycles. The highest BCUT2D eigenvalue weighted by molar-refractivity contribution is 6.03. The summed E-state index contributed by atoms with van der Waals surface area (Å²) in [6.45, 7) is 4.07. The van der Waals surface area contributed by atoms with Gasteiger partial charge in [0.25, 0.3) is 5.91 Å². The number of nitrogens with one attached hydrogen (secondary N) is 3. The largest absolute Gasteiger partial charge is 0.352 e. The van der Waals surface area contributed by atoms with E-state index in [-0.39, 0.29) is 23.8 Å². The average Bonchev–Trinajstić information content (AvgIpc) is 2.54. The summed E-state index contributed by atoms with van der Waals surface area (Å²) in [4.78, 5) is 24.2. The quantitative estimate of drug-likeness (QED) is 0.753. The van der Waals surface area contributed by atoms with E-state index in [0.717, 1.165) is 5.56 Å². The van der Waals surface area contributed by atoms with E-state index < -0.39 is 0 Å². The molecule has 0 bridgehead atoms. The van der Waals surface area contributed by atoms with Gasteiger partial charge in [0.05, 0.1) is 11.3 Å². The molecule has 0 radical (unpaired) electrons. The predicted molar refractivity (Wildman–Crippen MR) is 96.2 cm³/mol. The Balaban J connectivity index is 1.96. The second-order valence-electron chi connectivity index (χ2n) is 5.93. The highest BCUT2D eigenvalue weighted by Gasteiger charge is 2.13. The lowest BCUT2D eigenvalue weighted by atomic mass is 10.1. The van der Waals surface area contributed by atoms with Crippen molar-refractivity contribution in [3.05, 3.63) is 65.5 Å². The Morgan fingerprint density at radius 1 is 1.08 bits per heavy atom. The molecule has 0 heterocycles. The third-order valence-electron chi connectivity index (χ3n) is 3.43. The van der Waals surface area contributed by atoms with Crippen molar-refractivity contribution in [3.8, 4) is 0 Å². The van der Waals surface area contributed by atoms with Gasteiger partial charge in [-0.15, -0.1) is 0 Å². The number of amides is 3. The van der Waals surface area contributed by atoms with Gasteiger partial charge in [-0.05, 0) is 50.1 Å². The number of hydrogen-bond donors (Lipinski definition) is 3. The molecule has 25 heavy (non-hydrogen) atoms. The highest BCUT2D eigenvalue weighted by Crippen LogP contribution is 2.15. The van der Waals surface area contributed by atoms with E-state index in [2.05, 4.69) is 16.0 Å². The predicted octanol–water partition coefficient (Wildman–Crippen LogP) is 3.33. The molecular weight excluding hydrogens is 321 g/mol. The Labute approximate surface area is 146 Å². The van der Waals surface area contributed by atoms with E-state index >= 15 is 0 Å². The molecule has 3 N–H and O–H groups in total. The topological polar surface area (TPSA) is 70.2 Å². The SMILES string of the molecule is CC(C)NC(=O)Nc1ccccc1C(=O)NCCc1cccc(F)c1. The molecule has 0 spiro atoms. The zero-order chi connectivity index (χ0) is 18.2. The molecule has 0 fully saturated rings. The fraction of sp³-hybridized carbons (Fsp3) is 0.263. The lowest BCUT2D eigenvalue weighted by Crippen LogP contribution is -2.35. The summed E-state index contributed by atoms with van der Waals surface area (Å²) >= 11 is 0. The lowest BCUT2D eigenvalue weighted by molar-refractivity contribution is 0.0955. The van der Waals surface area contributed by atoms with Crippen LogP contribution in [0.3, 0.4) is 0 Å². The number of carbonyl (C=O) groups excluding carboxylic acids is 2. The smallest absolute Gasteiger partial charge is 0.319 e. The standard InChI is InChI=1S/C19H22FN3O2/c1-13(2)22-19(25)23-17-9-4-3-8-16(17)18(24)21-11-10-14-6-5-7-15(20)12-14/h3-9,12-13H,10-11H2,1-2H3,(H,21,24)(H2,22,23,25). The number of urea groups is 1. The van der Waals surface area contributed by atoms with Crippen LogP contribution in [0.4, 0.5) is 14.9 Å². The molecular formula is C19H22FN3O2. The monoisotopic (exact) mass is 343 g/mol. The molecule has 2 aromatic carbocycles. The highest BCUT2D eigenvalue weighted by atomic mass is 19.1. The molecule has 0 aliphatic rings. The maximum atomic E-state index is 13.1. The Morgan fingerprint density at radius 2 is 1.84 bits per heavy atom. The van der Waals surface area contributed by atoms with Crippen LogP contribution in [0, 0.1) is 5.82 Å². The van der Waals surface area contributed by atoms with Gasteiger partial charge in [0, 0.05) is 12.6 Å². The second kappa shape index (κ2) is 8.82. The van der Waals surface area contributed by atoms with Crippen LogP contribution in [0.25, 0.3) is 0 Å². The van der Waals surface area contributed by atoms with Gasteiger partial charge in [0.2, 0.25) is 0 Å². The molecule has 0 unspecified atom stereocenters. The van der Waals surface area contributed by atoms with E-state index in [1.807, 2.05) is 13.8 Å². The average molecular weight is 343 g/mol. The summed E-state index contributed by atoms with van der Waals surface area (Å²) in [5, 5.41) is 8.18. The van der Waals surface area contributed by atoms with E-state index in [4.69, 9.17) is 0 Å². The van der Waals surface area contributed by atoms with Crippen LogP contribution in [0.2, 0.25) is 0 Å². The van der Waals surface area contributed by atoms with Gasteiger partial charge >= 0.3 is 6.03 Å². The van der Waals surface area contributed by atoms with Gasteiger partial charge in [0.15, 0.2) is 0 Å². The number of rotatable bonds is 6. The summed E-state index contributed by atoms with van der Waals surface area (Å²) in [5.74, 6) is -0.591. The number of benzene rings is 2. The van der Waals surface area contributed by atoms with Crippen molar-refractivity contribution >= 4 is 17.6 Å². The van der Waals surface area contributed by atoms with E-state index in [1.54, 1.807) is 36.4 Å². The Hall–Kier alpha value is -2.89. The molecule has 2 rings (SSSR count). The molecule has 0 aliphatic carbocycles. The molecule has 0 saturated heterocycles. The first-order valence-electron chi connectivity index (χ1n) is 8.15. The first-order chi connectivity index (χ1) is 12.0. The van der Waals surface area contributed by atoms with Crippen molar-refractivity contribution in [1.29, 1.82) is 0 Å². The Morgan fingerprint density at radius 3 is 2.56 bits per heavy atom. The first-order valence-corrected chi connectivity index (χ1v) is 8.15. The summed E-state index contributed by atoms with van der Waals surface area (Å²) in [5.41, 5.74) is 1.62. The van der Waals surface area contributed by atoms with Crippen LogP contribution in [-0.2, 0) is 6.42 Å². The summed E-state index contributed by atoms with van der Waals surface area (Å²) in [6.07, 6.45) is 0.521. The van der Waals surface area contributed by atoms with Crippen LogP contribution in [0.1, 0.15) is 29.8 Å². The van der Waals surface area contributed by atoms with Crippen molar-refractivity contribution in [3.63, 3.8) is 0 Å². The Kier molecular flexibility index (Phi) is 6.51. The van der Waals surface area contributed by atoms with Crippen molar-refractivity contribution in [1.82, 2.24) is 10.6 Å². The van der Waals surface area contributed by atoms with E-state index in [1.165, 1.54) is 12.1 Å². The van der Waals surface area contributed by atoms with Gasteiger partial charge in [-0.25, -0.2) is 9.18 Å². The summed E-state index contributed by atoms with van der Waals surface area (Å²) < 4.78 is 13.1. The molecule has 0 aromatic heterocycles. The van der Waals surface area contributed by atoms with Crippen molar-refractivity contribution < 1.29 is 14.0 Å². The third kappa shape index (κ3) is 5.91. The molecule has 3 amide bonds. The minimum absolute atomic E-state index is 0.00717. The zero-order valence-electron chi connectivity index (χ0n) is 14.3. The molecule has 6 heteroatoms. The maximum Gasteiger partial charge on any atom is 0.319 e. The minimum Gasteiger partial charge on any atom is -0.352 e. The number of anilines is 1. The van der Waals surface area contributed by atoms with Crippen LogP contribution in [-0.4, -0.2) is 24.5 Å². The summed E-state index contributed by atoms with van der Waals surface area (Å²) in [7, 11) is 0. The maximum absolute atomic E-state index is 13.1. The fourth-order valence-electron chi connectivity index (χ4n) is 2.32. The molecule has 0 saturated carbocycles. The first kappa shape index (κ1) is 18.4. The normalized spacial score (nSPS) is 10.4. The lowest BCUT2D eigenvalue weighted by Gasteiger charge is -2.13. The van der Waals surface area contributed by atoms with Crippen molar-refractivity contribution in [2.24, 2.45) is 0 Å². The van der Waals surface area contributed by atoms with Crippen LogP contribution >= 0.6 is 0 Å². The van der Waals surface area contributed by atoms with E-state index in [9.17, 15) is 14.0 Å². The zero-order valence-corrected chi connectivity index (χ0v) is 14.3. The molecule has 132 valence electrons.